The number of benzene rings is 1. The molecule has 0 saturated carbocycles. The number of carboxylic acid groups (broad SMARTS) is 1. The zero-order valence-electron chi connectivity index (χ0n) is 7.53. The first-order valence-corrected chi connectivity index (χ1v) is 4.48. The van der Waals surface area contributed by atoms with Crippen molar-refractivity contribution in [1.82, 2.24) is 5.32 Å². The molecule has 1 aromatic rings. The lowest BCUT2D eigenvalue weighted by Crippen LogP contribution is -2.34. The van der Waals surface area contributed by atoms with Crippen molar-refractivity contribution >= 4 is 5.97 Å². The molecular weight excluding hydrogens is 182 g/mol. The van der Waals surface area contributed by atoms with E-state index < -0.39 is 5.97 Å². The molecule has 0 radical (unpaired) electrons. The van der Waals surface area contributed by atoms with Gasteiger partial charge in [0.25, 0.3) is 0 Å². The summed E-state index contributed by atoms with van der Waals surface area (Å²) in [4.78, 5) is 10.6. The summed E-state index contributed by atoms with van der Waals surface area (Å²) in [6.45, 7) is 0.978. The molecule has 4 heteroatoms. The summed E-state index contributed by atoms with van der Waals surface area (Å²) in [5.41, 5.74) is 0.895. The molecule has 1 saturated heterocycles. The van der Waals surface area contributed by atoms with E-state index in [0.717, 1.165) is 18.5 Å². The van der Waals surface area contributed by atoms with Crippen molar-refractivity contribution in [3.05, 3.63) is 29.3 Å². The van der Waals surface area contributed by atoms with Crippen LogP contribution in [0.3, 0.4) is 0 Å². The van der Waals surface area contributed by atoms with Gasteiger partial charge in [-0.1, -0.05) is 6.07 Å². The summed E-state index contributed by atoms with van der Waals surface area (Å²) < 4.78 is 0. The predicted molar refractivity (Wildman–Crippen MR) is 50.4 cm³/mol. The minimum Gasteiger partial charge on any atom is -0.507 e. The number of hydrogen-bond donors (Lipinski definition) is 3. The fourth-order valence-electron chi connectivity index (χ4n) is 1.52. The van der Waals surface area contributed by atoms with Crippen LogP contribution in [0.5, 0.6) is 5.75 Å². The van der Waals surface area contributed by atoms with Gasteiger partial charge in [0.2, 0.25) is 0 Å². The van der Waals surface area contributed by atoms with Crippen LogP contribution in [0.4, 0.5) is 0 Å². The van der Waals surface area contributed by atoms with Crippen LogP contribution < -0.4 is 5.32 Å². The average molecular weight is 193 g/mol. The molecule has 2 rings (SSSR count). The molecule has 0 aliphatic carbocycles. The normalized spacial score (nSPS) is 20.1. The first-order chi connectivity index (χ1) is 6.68. The largest absolute Gasteiger partial charge is 0.507 e. The summed E-state index contributed by atoms with van der Waals surface area (Å²) >= 11 is 0. The third-order valence-corrected chi connectivity index (χ3v) is 2.48. The fourth-order valence-corrected chi connectivity index (χ4v) is 1.52. The molecule has 0 amide bonds. The zero-order chi connectivity index (χ0) is 10.1. The standard InChI is InChI=1S/C10H11NO3/c12-9-5-6(8-3-4-11-8)1-2-7(9)10(13)14/h1-2,5,8,11-12H,3-4H2,(H,13,14). The van der Waals surface area contributed by atoms with E-state index in [2.05, 4.69) is 5.32 Å². The third kappa shape index (κ3) is 1.44. The number of rotatable bonds is 2. The second kappa shape index (κ2) is 3.31. The van der Waals surface area contributed by atoms with Crippen molar-refractivity contribution in [1.29, 1.82) is 0 Å². The molecule has 3 N–H and O–H groups in total. The van der Waals surface area contributed by atoms with Gasteiger partial charge in [-0.3, -0.25) is 0 Å². The van der Waals surface area contributed by atoms with Gasteiger partial charge in [-0.2, -0.15) is 0 Å². The molecule has 0 spiro atoms. The van der Waals surface area contributed by atoms with Crippen molar-refractivity contribution in [3.8, 4) is 5.75 Å². The Bertz CT molecular complexity index is 372. The monoisotopic (exact) mass is 193 g/mol. The Labute approximate surface area is 81.2 Å². The van der Waals surface area contributed by atoms with Crippen molar-refractivity contribution in [2.75, 3.05) is 6.54 Å². The lowest BCUT2D eigenvalue weighted by molar-refractivity contribution is 0.0693. The van der Waals surface area contributed by atoms with Crippen LogP contribution in [0.1, 0.15) is 28.4 Å². The van der Waals surface area contributed by atoms with Gasteiger partial charge in [0.15, 0.2) is 0 Å². The number of carboxylic acids is 1. The maximum atomic E-state index is 10.6. The molecule has 1 atom stereocenters. The van der Waals surface area contributed by atoms with E-state index in [1.165, 1.54) is 12.1 Å². The van der Waals surface area contributed by atoms with E-state index in [9.17, 15) is 9.90 Å². The Kier molecular flexibility index (Phi) is 2.13. The molecule has 14 heavy (non-hydrogen) atoms. The van der Waals surface area contributed by atoms with Crippen LogP contribution in [0.2, 0.25) is 0 Å². The van der Waals surface area contributed by atoms with Crippen LogP contribution >= 0.6 is 0 Å². The van der Waals surface area contributed by atoms with Crippen LogP contribution in [0, 0.1) is 0 Å². The average Bonchev–Trinajstić information content (AvgIpc) is 2.00. The third-order valence-electron chi connectivity index (χ3n) is 2.48. The summed E-state index contributed by atoms with van der Waals surface area (Å²) in [7, 11) is 0. The topological polar surface area (TPSA) is 69.6 Å². The van der Waals surface area contributed by atoms with Gasteiger partial charge in [-0.15, -0.1) is 0 Å². The van der Waals surface area contributed by atoms with Crippen molar-refractivity contribution < 1.29 is 15.0 Å². The van der Waals surface area contributed by atoms with E-state index in [1.807, 2.05) is 0 Å². The lowest BCUT2D eigenvalue weighted by atomic mass is 9.96. The molecule has 1 aliphatic heterocycles. The SMILES string of the molecule is O=C(O)c1ccc(C2CCN2)cc1O. The van der Waals surface area contributed by atoms with Gasteiger partial charge in [0.1, 0.15) is 11.3 Å². The molecule has 1 heterocycles. The number of carbonyl (C=O) groups is 1. The minimum atomic E-state index is -1.10. The Morgan fingerprint density at radius 3 is 2.64 bits per heavy atom. The Hall–Kier alpha value is -1.55. The Morgan fingerprint density at radius 1 is 1.50 bits per heavy atom. The van der Waals surface area contributed by atoms with E-state index in [4.69, 9.17) is 5.11 Å². The van der Waals surface area contributed by atoms with Crippen molar-refractivity contribution in [2.45, 2.75) is 12.5 Å². The molecule has 0 aromatic heterocycles. The zero-order valence-corrected chi connectivity index (χ0v) is 7.53. The molecule has 1 unspecified atom stereocenters. The van der Waals surface area contributed by atoms with E-state index in [0.29, 0.717) is 0 Å². The highest BCUT2D eigenvalue weighted by Gasteiger charge is 2.20. The maximum Gasteiger partial charge on any atom is 0.339 e. The van der Waals surface area contributed by atoms with Crippen LogP contribution in [0.25, 0.3) is 0 Å². The van der Waals surface area contributed by atoms with Crippen LogP contribution in [0.15, 0.2) is 18.2 Å². The van der Waals surface area contributed by atoms with Gasteiger partial charge in [-0.05, 0) is 30.7 Å². The second-order valence-corrected chi connectivity index (χ2v) is 3.38. The number of hydrogen-bond acceptors (Lipinski definition) is 3. The molecule has 0 bridgehead atoms. The number of aromatic carboxylic acids is 1. The number of aromatic hydroxyl groups is 1. The van der Waals surface area contributed by atoms with Crippen LogP contribution in [-0.2, 0) is 0 Å². The van der Waals surface area contributed by atoms with E-state index >= 15 is 0 Å². The predicted octanol–water partition coefficient (Wildman–Crippen LogP) is 1.12. The fraction of sp³-hybridized carbons (Fsp3) is 0.300. The lowest BCUT2D eigenvalue weighted by Gasteiger charge is -2.28. The first kappa shape index (κ1) is 9.02. The number of nitrogens with one attached hydrogen (secondary N) is 1. The second-order valence-electron chi connectivity index (χ2n) is 3.38. The van der Waals surface area contributed by atoms with E-state index in [-0.39, 0.29) is 17.4 Å². The Balaban J connectivity index is 2.30. The van der Waals surface area contributed by atoms with Gasteiger partial charge in [-0.25, -0.2) is 4.79 Å². The highest BCUT2D eigenvalue weighted by Crippen LogP contribution is 2.27. The summed E-state index contributed by atoms with van der Waals surface area (Å²) in [5.74, 6) is -1.26. The molecular formula is C10H11NO3. The molecule has 1 aliphatic rings. The summed E-state index contributed by atoms with van der Waals surface area (Å²) in [6.07, 6.45) is 1.03. The van der Waals surface area contributed by atoms with E-state index in [1.54, 1.807) is 6.07 Å². The van der Waals surface area contributed by atoms with Gasteiger partial charge < -0.3 is 15.5 Å². The molecule has 74 valence electrons. The van der Waals surface area contributed by atoms with Crippen molar-refractivity contribution in [2.24, 2.45) is 0 Å². The molecule has 1 fully saturated rings. The summed E-state index contributed by atoms with van der Waals surface area (Å²) in [5, 5.41) is 21.3. The van der Waals surface area contributed by atoms with Crippen LogP contribution in [-0.4, -0.2) is 22.7 Å². The molecule has 4 nitrogen and oxygen atoms in total. The Morgan fingerprint density at radius 2 is 2.21 bits per heavy atom. The first-order valence-electron chi connectivity index (χ1n) is 4.48. The van der Waals surface area contributed by atoms with Gasteiger partial charge in [0, 0.05) is 6.04 Å². The smallest absolute Gasteiger partial charge is 0.339 e. The highest BCUT2D eigenvalue weighted by molar-refractivity contribution is 5.90. The number of phenols is 1. The van der Waals surface area contributed by atoms with Gasteiger partial charge >= 0.3 is 5.97 Å². The van der Waals surface area contributed by atoms with Gasteiger partial charge in [0.05, 0.1) is 0 Å². The summed E-state index contributed by atoms with van der Waals surface area (Å²) in [6, 6.07) is 4.96. The maximum absolute atomic E-state index is 10.6. The minimum absolute atomic E-state index is 0.0481. The highest BCUT2D eigenvalue weighted by atomic mass is 16.4. The quantitative estimate of drug-likeness (QED) is 0.658. The van der Waals surface area contributed by atoms with Crippen molar-refractivity contribution in [3.63, 3.8) is 0 Å². The molecule has 1 aromatic carbocycles.